The lowest BCUT2D eigenvalue weighted by Crippen LogP contribution is -2.29. The van der Waals surface area contributed by atoms with E-state index in [1.165, 1.54) is 0 Å². The van der Waals surface area contributed by atoms with Gasteiger partial charge in [0.25, 0.3) is 0 Å². The highest BCUT2D eigenvalue weighted by Crippen LogP contribution is 2.27. The number of nitrogens with one attached hydrogen (secondary N) is 1. The summed E-state index contributed by atoms with van der Waals surface area (Å²) in [6.45, 7) is 1.75. The van der Waals surface area contributed by atoms with Crippen molar-refractivity contribution < 1.29 is 9.50 Å². The molecule has 0 radical (unpaired) electrons. The molecule has 5 heteroatoms. The fourth-order valence-corrected chi connectivity index (χ4v) is 2.81. The second-order valence-corrected chi connectivity index (χ2v) is 5.15. The van der Waals surface area contributed by atoms with Crippen LogP contribution in [-0.4, -0.2) is 28.4 Å². The largest absolute Gasteiger partial charge is 0.392 e. The van der Waals surface area contributed by atoms with Gasteiger partial charge in [-0.15, -0.1) is 11.8 Å². The molecule has 88 valence electrons. The summed E-state index contributed by atoms with van der Waals surface area (Å²) in [6, 6.07) is 3.38. The van der Waals surface area contributed by atoms with Crippen LogP contribution in [0.25, 0.3) is 0 Å². The lowest BCUT2D eigenvalue weighted by Gasteiger charge is -2.21. The molecule has 0 atom stereocenters. The molecule has 1 saturated heterocycles. The van der Waals surface area contributed by atoms with E-state index in [1.54, 1.807) is 23.9 Å². The van der Waals surface area contributed by atoms with Crippen LogP contribution in [0, 0.1) is 5.95 Å². The fraction of sp³-hybridized carbons (Fsp3) is 0.545. The van der Waals surface area contributed by atoms with Gasteiger partial charge in [0.05, 0.1) is 11.6 Å². The smallest absolute Gasteiger partial charge is 0.219 e. The van der Waals surface area contributed by atoms with Crippen LogP contribution in [0.3, 0.4) is 0 Å². The van der Waals surface area contributed by atoms with Gasteiger partial charge in [0.2, 0.25) is 5.95 Å². The number of thioether (sulfide) groups is 1. The van der Waals surface area contributed by atoms with E-state index in [-0.39, 0.29) is 12.2 Å². The molecule has 1 aromatic heterocycles. The SMILES string of the molecule is OCc1ccc(SC2CCNCC2)nc1F. The van der Waals surface area contributed by atoms with Crippen molar-refractivity contribution in [2.24, 2.45) is 0 Å². The predicted octanol–water partition coefficient (Wildman–Crippen LogP) is 1.56. The zero-order valence-corrected chi connectivity index (χ0v) is 9.76. The van der Waals surface area contributed by atoms with Gasteiger partial charge in [-0.3, -0.25) is 0 Å². The minimum Gasteiger partial charge on any atom is -0.392 e. The molecule has 2 N–H and O–H groups in total. The summed E-state index contributed by atoms with van der Waals surface area (Å²) < 4.78 is 13.3. The average Bonchev–Trinajstić information content (AvgIpc) is 2.31. The minimum absolute atomic E-state index is 0.259. The molecule has 16 heavy (non-hydrogen) atoms. The highest BCUT2D eigenvalue weighted by Gasteiger charge is 2.15. The van der Waals surface area contributed by atoms with E-state index in [4.69, 9.17) is 5.11 Å². The average molecular weight is 242 g/mol. The number of pyridine rings is 1. The van der Waals surface area contributed by atoms with Crippen molar-refractivity contribution in [1.29, 1.82) is 0 Å². The van der Waals surface area contributed by atoms with E-state index in [2.05, 4.69) is 10.3 Å². The highest BCUT2D eigenvalue weighted by molar-refractivity contribution is 7.99. The third-order valence-corrected chi connectivity index (χ3v) is 3.92. The molecule has 0 aromatic carbocycles. The van der Waals surface area contributed by atoms with Gasteiger partial charge >= 0.3 is 0 Å². The Kier molecular flexibility index (Phi) is 4.15. The number of halogens is 1. The van der Waals surface area contributed by atoms with Gasteiger partial charge < -0.3 is 10.4 Å². The molecule has 0 spiro atoms. The summed E-state index contributed by atoms with van der Waals surface area (Å²) in [5, 5.41) is 13.4. The number of hydrogen-bond donors (Lipinski definition) is 2. The Morgan fingerprint density at radius 3 is 2.81 bits per heavy atom. The maximum Gasteiger partial charge on any atom is 0.219 e. The molecule has 0 saturated carbocycles. The standard InChI is InChI=1S/C11H15FN2OS/c12-11-8(7-15)1-2-10(14-11)16-9-3-5-13-6-4-9/h1-2,9,13,15H,3-7H2. The van der Waals surface area contributed by atoms with Crippen molar-refractivity contribution in [3.8, 4) is 0 Å². The van der Waals surface area contributed by atoms with Crippen LogP contribution in [0.5, 0.6) is 0 Å². The van der Waals surface area contributed by atoms with Gasteiger partial charge in [-0.1, -0.05) is 0 Å². The third-order valence-electron chi connectivity index (χ3n) is 2.64. The molecule has 2 heterocycles. The van der Waals surface area contributed by atoms with Gasteiger partial charge in [0.15, 0.2) is 0 Å². The van der Waals surface area contributed by atoms with Crippen LogP contribution >= 0.6 is 11.8 Å². The van der Waals surface area contributed by atoms with Gasteiger partial charge in [-0.2, -0.15) is 4.39 Å². The number of rotatable bonds is 3. The van der Waals surface area contributed by atoms with Crippen molar-refractivity contribution in [3.05, 3.63) is 23.6 Å². The van der Waals surface area contributed by atoms with Gasteiger partial charge in [-0.25, -0.2) is 4.98 Å². The van der Waals surface area contributed by atoms with Crippen LogP contribution in [0.15, 0.2) is 17.2 Å². The Hall–Kier alpha value is -0.650. The Labute approximate surface area is 98.5 Å². The first-order chi connectivity index (χ1) is 7.79. The van der Waals surface area contributed by atoms with Crippen LogP contribution < -0.4 is 5.32 Å². The zero-order chi connectivity index (χ0) is 11.4. The number of hydrogen-bond acceptors (Lipinski definition) is 4. The lowest BCUT2D eigenvalue weighted by atomic mass is 10.2. The monoisotopic (exact) mass is 242 g/mol. The summed E-state index contributed by atoms with van der Waals surface area (Å²) >= 11 is 1.63. The molecule has 2 rings (SSSR count). The predicted molar refractivity (Wildman–Crippen MR) is 61.9 cm³/mol. The number of aliphatic hydroxyl groups excluding tert-OH is 1. The number of aliphatic hydroxyl groups is 1. The van der Waals surface area contributed by atoms with Crippen molar-refractivity contribution in [2.45, 2.75) is 29.7 Å². The highest BCUT2D eigenvalue weighted by atomic mass is 32.2. The Balaban J connectivity index is 2.01. The molecule has 3 nitrogen and oxygen atoms in total. The molecule has 0 amide bonds. The van der Waals surface area contributed by atoms with E-state index >= 15 is 0 Å². The van der Waals surface area contributed by atoms with Gasteiger partial charge in [0.1, 0.15) is 0 Å². The number of piperidine rings is 1. The summed E-state index contributed by atoms with van der Waals surface area (Å²) in [5.41, 5.74) is 0.259. The van der Waals surface area contributed by atoms with Crippen LogP contribution in [0.1, 0.15) is 18.4 Å². The summed E-state index contributed by atoms with van der Waals surface area (Å²) in [7, 11) is 0. The second-order valence-electron chi connectivity index (χ2n) is 3.82. The van der Waals surface area contributed by atoms with Crippen LogP contribution in [-0.2, 0) is 6.61 Å². The molecule has 0 bridgehead atoms. The number of nitrogens with zero attached hydrogens (tertiary/aromatic N) is 1. The fourth-order valence-electron chi connectivity index (χ4n) is 1.71. The Morgan fingerprint density at radius 1 is 1.44 bits per heavy atom. The van der Waals surface area contributed by atoms with E-state index in [0.717, 1.165) is 25.9 Å². The van der Waals surface area contributed by atoms with E-state index in [0.29, 0.717) is 10.3 Å². The molecule has 1 fully saturated rings. The Bertz CT molecular complexity index is 356. The molecule has 1 aromatic rings. The Morgan fingerprint density at radius 2 is 2.19 bits per heavy atom. The molecular formula is C11H15FN2OS. The van der Waals surface area contributed by atoms with Crippen molar-refractivity contribution in [1.82, 2.24) is 10.3 Å². The molecule has 0 aliphatic carbocycles. The topological polar surface area (TPSA) is 45.1 Å². The molecule has 1 aliphatic heterocycles. The first-order valence-corrected chi connectivity index (χ1v) is 6.31. The van der Waals surface area contributed by atoms with Crippen molar-refractivity contribution in [3.63, 3.8) is 0 Å². The first-order valence-electron chi connectivity index (χ1n) is 5.43. The summed E-state index contributed by atoms with van der Waals surface area (Å²) in [5.74, 6) is -0.554. The maximum absolute atomic E-state index is 13.3. The second kappa shape index (κ2) is 5.61. The third kappa shape index (κ3) is 2.93. The number of aromatic nitrogens is 1. The van der Waals surface area contributed by atoms with Crippen molar-refractivity contribution in [2.75, 3.05) is 13.1 Å². The van der Waals surface area contributed by atoms with Crippen LogP contribution in [0.4, 0.5) is 4.39 Å². The zero-order valence-electron chi connectivity index (χ0n) is 8.95. The molecule has 0 unspecified atom stereocenters. The van der Waals surface area contributed by atoms with Gasteiger partial charge in [0, 0.05) is 10.8 Å². The minimum atomic E-state index is -0.554. The lowest BCUT2D eigenvalue weighted by molar-refractivity contribution is 0.273. The summed E-state index contributed by atoms with van der Waals surface area (Å²) in [6.07, 6.45) is 2.19. The van der Waals surface area contributed by atoms with E-state index in [9.17, 15) is 4.39 Å². The summed E-state index contributed by atoms with van der Waals surface area (Å²) in [4.78, 5) is 3.85. The van der Waals surface area contributed by atoms with E-state index < -0.39 is 5.95 Å². The molecule has 1 aliphatic rings. The normalized spacial score (nSPS) is 17.6. The first kappa shape index (κ1) is 11.8. The maximum atomic E-state index is 13.3. The van der Waals surface area contributed by atoms with Gasteiger partial charge in [-0.05, 0) is 38.1 Å². The van der Waals surface area contributed by atoms with Crippen molar-refractivity contribution >= 4 is 11.8 Å². The van der Waals surface area contributed by atoms with E-state index in [1.807, 2.05) is 0 Å². The van der Waals surface area contributed by atoms with Crippen LogP contribution in [0.2, 0.25) is 0 Å². The quantitative estimate of drug-likeness (QED) is 0.790. The molecular weight excluding hydrogens is 227 g/mol.